The normalized spacial score (nSPS) is 28.8. The Morgan fingerprint density at radius 1 is 1.55 bits per heavy atom. The molecule has 2 fully saturated rings. The smallest absolute Gasteiger partial charge is 0.228 e. The molecule has 1 aromatic carbocycles. The van der Waals surface area contributed by atoms with Gasteiger partial charge in [0, 0.05) is 24.7 Å². The lowest BCUT2D eigenvalue weighted by Crippen LogP contribution is -2.26. The molecule has 1 spiro atoms. The minimum atomic E-state index is -0.344. The van der Waals surface area contributed by atoms with E-state index in [9.17, 15) is 9.18 Å². The van der Waals surface area contributed by atoms with Crippen LogP contribution in [-0.4, -0.2) is 42.2 Å². The first kappa shape index (κ1) is 13.5. The lowest BCUT2D eigenvalue weighted by Gasteiger charge is -2.14. The van der Waals surface area contributed by atoms with E-state index in [4.69, 9.17) is 5.11 Å². The number of nitrogens with zero attached hydrogens (tertiary/aromatic N) is 1. The second-order valence-electron chi connectivity index (χ2n) is 5.87. The Morgan fingerprint density at radius 3 is 3.15 bits per heavy atom. The van der Waals surface area contributed by atoms with Gasteiger partial charge in [0.1, 0.15) is 5.82 Å². The average molecular weight is 278 g/mol. The Labute approximate surface area is 117 Å². The van der Waals surface area contributed by atoms with Crippen LogP contribution in [0.25, 0.3) is 0 Å². The van der Waals surface area contributed by atoms with Crippen molar-refractivity contribution in [3.8, 4) is 0 Å². The fourth-order valence-electron chi connectivity index (χ4n) is 3.28. The first-order chi connectivity index (χ1) is 9.63. The number of rotatable bonds is 4. The van der Waals surface area contributed by atoms with E-state index in [1.165, 1.54) is 12.1 Å². The van der Waals surface area contributed by atoms with Crippen LogP contribution in [0.15, 0.2) is 24.3 Å². The third kappa shape index (κ3) is 2.55. The van der Waals surface area contributed by atoms with Gasteiger partial charge >= 0.3 is 0 Å². The van der Waals surface area contributed by atoms with Crippen molar-refractivity contribution in [2.75, 3.05) is 31.6 Å². The molecule has 3 rings (SSSR count). The van der Waals surface area contributed by atoms with E-state index in [1.807, 2.05) is 0 Å². The molecule has 1 amide bonds. The third-order valence-electron chi connectivity index (χ3n) is 4.48. The second kappa shape index (κ2) is 5.14. The summed E-state index contributed by atoms with van der Waals surface area (Å²) in [6, 6.07) is 5.98. The molecule has 1 aromatic rings. The number of amides is 1. The predicted molar refractivity (Wildman–Crippen MR) is 73.7 cm³/mol. The minimum absolute atomic E-state index is 0.0125. The summed E-state index contributed by atoms with van der Waals surface area (Å²) in [5, 5.41) is 11.8. The number of carbonyl (C=O) groups is 1. The molecular formula is C15H19FN2O2. The van der Waals surface area contributed by atoms with Gasteiger partial charge in [0.15, 0.2) is 0 Å². The summed E-state index contributed by atoms with van der Waals surface area (Å²) in [5.41, 5.74) is 0.606. The largest absolute Gasteiger partial charge is 0.395 e. The number of halogens is 1. The average Bonchev–Trinajstić information content (AvgIpc) is 2.96. The highest BCUT2D eigenvalue weighted by Gasteiger charge is 2.60. The van der Waals surface area contributed by atoms with Crippen molar-refractivity contribution in [2.45, 2.75) is 12.8 Å². The van der Waals surface area contributed by atoms with Crippen molar-refractivity contribution in [3.63, 3.8) is 0 Å². The molecule has 1 aliphatic heterocycles. The molecule has 4 nitrogen and oxygen atoms in total. The SMILES string of the molecule is O=C(Nc1cccc(F)c1)C1CC12CCN(CCO)C2. The molecule has 1 aliphatic carbocycles. The maximum atomic E-state index is 13.1. The molecule has 0 bridgehead atoms. The summed E-state index contributed by atoms with van der Waals surface area (Å²) in [6.45, 7) is 2.68. The van der Waals surface area contributed by atoms with Gasteiger partial charge in [-0.05, 0) is 43.0 Å². The van der Waals surface area contributed by atoms with Crippen LogP contribution >= 0.6 is 0 Å². The second-order valence-corrected chi connectivity index (χ2v) is 5.87. The van der Waals surface area contributed by atoms with E-state index in [0.717, 1.165) is 25.9 Å². The molecule has 2 aliphatic rings. The fraction of sp³-hybridized carbons (Fsp3) is 0.533. The molecular weight excluding hydrogens is 259 g/mol. The molecule has 5 heteroatoms. The number of anilines is 1. The number of β-amino-alcohol motifs (C(OH)–C–C–N with tert-alkyl or cyclic N) is 1. The zero-order chi connectivity index (χ0) is 14.2. The maximum Gasteiger partial charge on any atom is 0.228 e. The molecule has 0 radical (unpaired) electrons. The zero-order valence-electron chi connectivity index (χ0n) is 11.3. The first-order valence-corrected chi connectivity index (χ1v) is 7.03. The quantitative estimate of drug-likeness (QED) is 0.877. The lowest BCUT2D eigenvalue weighted by molar-refractivity contribution is -0.118. The van der Waals surface area contributed by atoms with Crippen molar-refractivity contribution in [2.24, 2.45) is 11.3 Å². The molecule has 0 aromatic heterocycles. The number of likely N-dealkylation sites (tertiary alicyclic amines) is 1. The van der Waals surface area contributed by atoms with Crippen LogP contribution < -0.4 is 5.32 Å². The number of aliphatic hydroxyl groups excluding tert-OH is 1. The van der Waals surface area contributed by atoms with Gasteiger partial charge in [0.05, 0.1) is 6.61 Å². The van der Waals surface area contributed by atoms with Gasteiger partial charge in [0.25, 0.3) is 0 Å². The van der Waals surface area contributed by atoms with E-state index < -0.39 is 0 Å². The topological polar surface area (TPSA) is 52.6 Å². The molecule has 1 saturated heterocycles. The van der Waals surface area contributed by atoms with Gasteiger partial charge in [-0.1, -0.05) is 6.07 Å². The molecule has 1 saturated carbocycles. The van der Waals surface area contributed by atoms with E-state index in [2.05, 4.69) is 10.2 Å². The number of nitrogens with one attached hydrogen (secondary N) is 1. The first-order valence-electron chi connectivity index (χ1n) is 7.03. The van der Waals surface area contributed by atoms with Crippen LogP contribution in [0.2, 0.25) is 0 Å². The Hall–Kier alpha value is -1.46. The summed E-state index contributed by atoms with van der Waals surface area (Å²) < 4.78 is 13.1. The van der Waals surface area contributed by atoms with Crippen molar-refractivity contribution in [1.82, 2.24) is 4.90 Å². The summed E-state index contributed by atoms with van der Waals surface area (Å²) >= 11 is 0. The third-order valence-corrected chi connectivity index (χ3v) is 4.48. The van der Waals surface area contributed by atoms with Crippen LogP contribution in [0.1, 0.15) is 12.8 Å². The molecule has 20 heavy (non-hydrogen) atoms. The highest BCUT2D eigenvalue weighted by atomic mass is 19.1. The Balaban J connectivity index is 1.58. The summed E-state index contributed by atoms with van der Waals surface area (Å²) in [5.74, 6) is -0.334. The fourth-order valence-corrected chi connectivity index (χ4v) is 3.28. The van der Waals surface area contributed by atoms with E-state index in [-0.39, 0.29) is 29.7 Å². The summed E-state index contributed by atoms with van der Waals surface area (Å²) in [6.07, 6.45) is 1.91. The van der Waals surface area contributed by atoms with Crippen LogP contribution in [0.4, 0.5) is 10.1 Å². The number of benzene rings is 1. The standard InChI is InChI=1S/C15H19FN2O2/c16-11-2-1-3-12(8-11)17-14(20)13-9-15(13)4-5-18(10-15)6-7-19/h1-3,8,13,19H,4-7,9-10H2,(H,17,20). The highest BCUT2D eigenvalue weighted by molar-refractivity contribution is 5.95. The van der Waals surface area contributed by atoms with Gasteiger partial charge in [-0.3, -0.25) is 4.79 Å². The van der Waals surface area contributed by atoms with Gasteiger partial charge in [0.2, 0.25) is 5.91 Å². The van der Waals surface area contributed by atoms with E-state index in [1.54, 1.807) is 12.1 Å². The van der Waals surface area contributed by atoms with Gasteiger partial charge in [-0.15, -0.1) is 0 Å². The molecule has 2 N–H and O–H groups in total. The van der Waals surface area contributed by atoms with Gasteiger partial charge < -0.3 is 15.3 Å². The van der Waals surface area contributed by atoms with Crippen molar-refractivity contribution >= 4 is 11.6 Å². The molecule has 1 heterocycles. The van der Waals surface area contributed by atoms with Crippen LogP contribution in [0.5, 0.6) is 0 Å². The maximum absolute atomic E-state index is 13.1. The summed E-state index contributed by atoms with van der Waals surface area (Å²) in [7, 11) is 0. The van der Waals surface area contributed by atoms with E-state index >= 15 is 0 Å². The van der Waals surface area contributed by atoms with E-state index in [0.29, 0.717) is 12.2 Å². The van der Waals surface area contributed by atoms with Crippen molar-refractivity contribution < 1.29 is 14.3 Å². The Morgan fingerprint density at radius 2 is 2.40 bits per heavy atom. The molecule has 2 atom stereocenters. The number of hydrogen-bond acceptors (Lipinski definition) is 3. The van der Waals surface area contributed by atoms with Crippen LogP contribution in [0.3, 0.4) is 0 Å². The van der Waals surface area contributed by atoms with Crippen molar-refractivity contribution in [1.29, 1.82) is 0 Å². The highest BCUT2D eigenvalue weighted by Crippen LogP contribution is 2.58. The Bertz CT molecular complexity index is 522. The number of aliphatic hydroxyl groups is 1. The monoisotopic (exact) mass is 278 g/mol. The van der Waals surface area contributed by atoms with Crippen LogP contribution in [-0.2, 0) is 4.79 Å². The lowest BCUT2D eigenvalue weighted by atomic mass is 10.0. The zero-order valence-corrected chi connectivity index (χ0v) is 11.3. The number of hydrogen-bond donors (Lipinski definition) is 2. The molecule has 2 unspecified atom stereocenters. The minimum Gasteiger partial charge on any atom is -0.395 e. The predicted octanol–water partition coefficient (Wildman–Crippen LogP) is 1.47. The Kier molecular flexibility index (Phi) is 3.48. The van der Waals surface area contributed by atoms with Gasteiger partial charge in [-0.25, -0.2) is 4.39 Å². The van der Waals surface area contributed by atoms with Crippen LogP contribution in [0, 0.1) is 17.2 Å². The summed E-state index contributed by atoms with van der Waals surface area (Å²) in [4.78, 5) is 14.4. The van der Waals surface area contributed by atoms with Gasteiger partial charge in [-0.2, -0.15) is 0 Å². The number of carbonyl (C=O) groups excluding carboxylic acids is 1. The van der Waals surface area contributed by atoms with Crippen molar-refractivity contribution in [3.05, 3.63) is 30.1 Å². The molecule has 108 valence electrons.